The topological polar surface area (TPSA) is 29.5 Å². The molecule has 25 heavy (non-hydrogen) atoms. The van der Waals surface area contributed by atoms with Crippen LogP contribution >= 0.6 is 12.4 Å². The molecule has 0 N–H and O–H groups in total. The number of hydrogen-bond acceptors (Lipinski definition) is 3. The van der Waals surface area contributed by atoms with Gasteiger partial charge in [-0.1, -0.05) is 48.9 Å². The Hall–Kier alpha value is -1.58. The average molecular weight is 364 g/mol. The summed E-state index contributed by atoms with van der Waals surface area (Å²) >= 11 is 0. The van der Waals surface area contributed by atoms with E-state index in [0.717, 1.165) is 25.1 Å². The predicted molar refractivity (Wildman–Crippen MR) is 107 cm³/mol. The lowest BCUT2D eigenvalue weighted by Gasteiger charge is -2.40. The Morgan fingerprint density at radius 3 is 2.56 bits per heavy atom. The summed E-state index contributed by atoms with van der Waals surface area (Å²) < 4.78 is 5.70. The van der Waals surface area contributed by atoms with E-state index in [-0.39, 0.29) is 24.5 Å². The van der Waals surface area contributed by atoms with E-state index in [2.05, 4.69) is 38.7 Å². The summed E-state index contributed by atoms with van der Waals surface area (Å²) in [6, 6.07) is 10.2. The van der Waals surface area contributed by atoms with E-state index in [9.17, 15) is 4.79 Å². The molecule has 1 aromatic carbocycles. The summed E-state index contributed by atoms with van der Waals surface area (Å²) in [7, 11) is 0. The summed E-state index contributed by atoms with van der Waals surface area (Å²) in [6.07, 6.45) is 6.49. The van der Waals surface area contributed by atoms with Crippen LogP contribution in [0.3, 0.4) is 0 Å². The van der Waals surface area contributed by atoms with Crippen LogP contribution in [0.2, 0.25) is 0 Å². The number of ether oxygens (including phenoxy) is 1. The van der Waals surface area contributed by atoms with Gasteiger partial charge < -0.3 is 4.74 Å². The lowest BCUT2D eigenvalue weighted by molar-refractivity contribution is -0.149. The maximum atomic E-state index is 12.1. The lowest BCUT2D eigenvalue weighted by Crippen LogP contribution is -2.48. The molecule has 0 aromatic heterocycles. The number of nitrogens with zero attached hydrogens (tertiary/aromatic N) is 1. The summed E-state index contributed by atoms with van der Waals surface area (Å²) in [5, 5.41) is 0. The van der Waals surface area contributed by atoms with Crippen molar-refractivity contribution in [1.29, 1.82) is 0 Å². The molecule has 4 heteroatoms. The molecule has 0 spiro atoms. The van der Waals surface area contributed by atoms with Crippen LogP contribution in [0.5, 0.6) is 0 Å². The van der Waals surface area contributed by atoms with Gasteiger partial charge >= 0.3 is 5.97 Å². The number of benzene rings is 1. The van der Waals surface area contributed by atoms with E-state index in [1.54, 1.807) is 6.08 Å². The molecule has 0 saturated carbocycles. The fourth-order valence-corrected chi connectivity index (χ4v) is 3.02. The third-order valence-corrected chi connectivity index (χ3v) is 4.57. The van der Waals surface area contributed by atoms with Crippen molar-refractivity contribution < 1.29 is 9.53 Å². The van der Waals surface area contributed by atoms with Crippen LogP contribution in [-0.2, 0) is 9.53 Å². The minimum Gasteiger partial charge on any atom is -0.459 e. The van der Waals surface area contributed by atoms with E-state index in [4.69, 9.17) is 4.74 Å². The Morgan fingerprint density at radius 1 is 1.24 bits per heavy atom. The second-order valence-electron chi connectivity index (χ2n) is 7.02. The van der Waals surface area contributed by atoms with Gasteiger partial charge in [-0.15, -0.1) is 12.4 Å². The second-order valence-corrected chi connectivity index (χ2v) is 7.02. The zero-order chi connectivity index (χ0) is 17.5. The molecule has 1 aliphatic heterocycles. The van der Waals surface area contributed by atoms with E-state index in [0.29, 0.717) is 12.0 Å². The summed E-state index contributed by atoms with van der Waals surface area (Å²) in [4.78, 5) is 14.6. The molecule has 3 unspecified atom stereocenters. The summed E-state index contributed by atoms with van der Waals surface area (Å²) in [6.45, 7) is 10.6. The standard InChI is InChI=1S/C21H29NO2.ClH/c1-16(2)12-13-22-15-17(3)20(14-18(22)4)24-21(23)11-10-19-8-6-5-7-9-19;/h5-12,17-18,20H,13-15H2,1-4H3;1H/b11-10+;. The molecule has 0 radical (unpaired) electrons. The number of carbonyl (C=O) groups excluding carboxylic acids is 1. The molecule has 1 saturated heterocycles. The van der Waals surface area contributed by atoms with Crippen LogP contribution in [0.4, 0.5) is 0 Å². The quantitative estimate of drug-likeness (QED) is 0.430. The molecule has 3 atom stereocenters. The molecule has 2 rings (SSSR count). The average Bonchev–Trinajstić information content (AvgIpc) is 2.55. The molecule has 0 bridgehead atoms. The van der Waals surface area contributed by atoms with E-state index in [1.165, 1.54) is 11.6 Å². The van der Waals surface area contributed by atoms with Gasteiger partial charge in [0.05, 0.1) is 0 Å². The Morgan fingerprint density at radius 2 is 1.92 bits per heavy atom. The number of allylic oxidation sites excluding steroid dienone is 1. The summed E-state index contributed by atoms with van der Waals surface area (Å²) in [5.74, 6) is 0.0986. The SMILES string of the molecule is CC(C)=CCN1CC(C)C(OC(=O)/C=C/c2ccccc2)CC1C.Cl. The fourth-order valence-electron chi connectivity index (χ4n) is 3.02. The van der Waals surface area contributed by atoms with Crippen molar-refractivity contribution in [3.05, 3.63) is 53.6 Å². The molecule has 0 aliphatic carbocycles. The van der Waals surface area contributed by atoms with Gasteiger partial charge in [0.1, 0.15) is 6.10 Å². The van der Waals surface area contributed by atoms with Crippen molar-refractivity contribution in [2.24, 2.45) is 5.92 Å². The number of esters is 1. The fraction of sp³-hybridized carbons (Fsp3) is 0.476. The molecule has 1 aliphatic rings. The zero-order valence-electron chi connectivity index (χ0n) is 15.6. The number of rotatable bonds is 5. The predicted octanol–water partition coefficient (Wildman–Crippen LogP) is 4.73. The maximum Gasteiger partial charge on any atom is 0.331 e. The van der Waals surface area contributed by atoms with Crippen molar-refractivity contribution in [3.8, 4) is 0 Å². The Bertz CT molecular complexity index is 593. The normalized spacial score (nSPS) is 23.8. The van der Waals surface area contributed by atoms with Crippen molar-refractivity contribution in [2.75, 3.05) is 13.1 Å². The molecule has 138 valence electrons. The highest BCUT2D eigenvalue weighted by atomic mass is 35.5. The number of halogens is 1. The number of carbonyl (C=O) groups is 1. The van der Waals surface area contributed by atoms with Gasteiger partial charge in [-0.3, -0.25) is 4.90 Å². The molecule has 1 fully saturated rings. The Balaban J connectivity index is 0.00000312. The zero-order valence-corrected chi connectivity index (χ0v) is 16.5. The van der Waals surface area contributed by atoms with Gasteiger partial charge in [0.15, 0.2) is 0 Å². The summed E-state index contributed by atoms with van der Waals surface area (Å²) in [5.41, 5.74) is 2.35. The highest BCUT2D eigenvalue weighted by Gasteiger charge is 2.32. The number of piperidine rings is 1. The van der Waals surface area contributed by atoms with Gasteiger partial charge in [-0.05, 0) is 32.4 Å². The van der Waals surface area contributed by atoms with Gasteiger partial charge in [-0.25, -0.2) is 4.79 Å². The smallest absolute Gasteiger partial charge is 0.331 e. The molecule has 0 amide bonds. The molecular weight excluding hydrogens is 334 g/mol. The van der Waals surface area contributed by atoms with Crippen LogP contribution in [0, 0.1) is 5.92 Å². The number of hydrogen-bond donors (Lipinski definition) is 0. The van der Waals surface area contributed by atoms with Crippen LogP contribution in [0.25, 0.3) is 6.08 Å². The van der Waals surface area contributed by atoms with Crippen LogP contribution in [-0.4, -0.2) is 36.1 Å². The van der Waals surface area contributed by atoms with Crippen molar-refractivity contribution >= 4 is 24.5 Å². The monoisotopic (exact) mass is 363 g/mol. The maximum absolute atomic E-state index is 12.1. The van der Waals surface area contributed by atoms with E-state index < -0.39 is 0 Å². The highest BCUT2D eigenvalue weighted by Crippen LogP contribution is 2.25. The van der Waals surface area contributed by atoms with Crippen LogP contribution < -0.4 is 0 Å². The first-order valence-electron chi connectivity index (χ1n) is 8.77. The number of likely N-dealkylation sites (tertiary alicyclic amines) is 1. The van der Waals surface area contributed by atoms with E-state index >= 15 is 0 Å². The highest BCUT2D eigenvalue weighted by molar-refractivity contribution is 5.87. The first kappa shape index (κ1) is 21.5. The largest absolute Gasteiger partial charge is 0.459 e. The lowest BCUT2D eigenvalue weighted by atomic mass is 9.91. The molecule has 1 aromatic rings. The first-order valence-corrected chi connectivity index (χ1v) is 8.77. The van der Waals surface area contributed by atoms with Crippen molar-refractivity contribution in [1.82, 2.24) is 4.90 Å². The third-order valence-electron chi connectivity index (χ3n) is 4.57. The first-order chi connectivity index (χ1) is 11.5. The van der Waals surface area contributed by atoms with Crippen LogP contribution in [0.15, 0.2) is 48.1 Å². The minimum atomic E-state index is -0.249. The van der Waals surface area contributed by atoms with Gasteiger partial charge in [-0.2, -0.15) is 0 Å². The molecular formula is C21H30ClNO2. The minimum absolute atomic E-state index is 0. The molecule has 1 heterocycles. The Kier molecular flexibility index (Phi) is 8.95. The van der Waals surface area contributed by atoms with Gasteiger partial charge in [0.2, 0.25) is 0 Å². The van der Waals surface area contributed by atoms with E-state index in [1.807, 2.05) is 30.3 Å². The van der Waals surface area contributed by atoms with Crippen molar-refractivity contribution in [3.63, 3.8) is 0 Å². The van der Waals surface area contributed by atoms with Crippen molar-refractivity contribution in [2.45, 2.75) is 46.3 Å². The second kappa shape index (κ2) is 10.4. The van der Waals surface area contributed by atoms with Gasteiger partial charge in [0.25, 0.3) is 0 Å². The van der Waals surface area contributed by atoms with Gasteiger partial charge in [0, 0.05) is 37.5 Å². The Labute approximate surface area is 158 Å². The van der Waals surface area contributed by atoms with Crippen LogP contribution in [0.1, 0.15) is 39.7 Å². The third kappa shape index (κ3) is 7.05. The molecule has 3 nitrogen and oxygen atoms in total.